The molecule has 1 aromatic heterocycles. The fraction of sp³-hybridized carbons (Fsp3) is 0.172. The van der Waals surface area contributed by atoms with Gasteiger partial charge >= 0.3 is 0 Å². The second-order valence-corrected chi connectivity index (χ2v) is 10.1. The van der Waals surface area contributed by atoms with Crippen LogP contribution >= 0.6 is 23.2 Å². The lowest BCUT2D eigenvalue weighted by atomic mass is 9.97. The zero-order valence-corrected chi connectivity index (χ0v) is 21.2. The smallest absolute Gasteiger partial charge is 0.254 e. The van der Waals surface area contributed by atoms with E-state index in [0.717, 1.165) is 35.5 Å². The molecule has 37 heavy (non-hydrogen) atoms. The maximum atomic E-state index is 14.1. The third-order valence-electron chi connectivity index (χ3n) is 6.89. The molecule has 1 fully saturated rings. The average Bonchev–Trinajstić information content (AvgIpc) is 3.63. The van der Waals surface area contributed by atoms with E-state index in [0.29, 0.717) is 10.6 Å². The van der Waals surface area contributed by atoms with Gasteiger partial charge in [-0.2, -0.15) is 0 Å². The van der Waals surface area contributed by atoms with E-state index in [2.05, 4.69) is 0 Å². The standard InChI is InChI=1S/C29H22Cl2FN3O2/c30-22-14-9-19(16-23(22)31)29(37)34(21-12-13-21)17-27(36)35-25-5-2-1-4-24(25)33-15-3-6-26(33)28(35)18-7-10-20(32)11-8-18/h1-11,14-16,21,28H,12-13,17H2. The van der Waals surface area contributed by atoms with Crippen LogP contribution in [-0.2, 0) is 4.79 Å². The highest BCUT2D eigenvalue weighted by atomic mass is 35.5. The Hall–Kier alpha value is -3.61. The molecule has 5 nitrogen and oxygen atoms in total. The number of aromatic nitrogens is 1. The first-order valence-electron chi connectivity index (χ1n) is 12.0. The largest absolute Gasteiger partial charge is 0.326 e. The van der Waals surface area contributed by atoms with Gasteiger partial charge in [-0.05, 0) is 73.0 Å². The molecule has 0 radical (unpaired) electrons. The molecule has 2 amide bonds. The Morgan fingerprint density at radius 2 is 1.62 bits per heavy atom. The summed E-state index contributed by atoms with van der Waals surface area (Å²) >= 11 is 12.2. The summed E-state index contributed by atoms with van der Waals surface area (Å²) in [5, 5.41) is 0.652. The van der Waals surface area contributed by atoms with Crippen molar-refractivity contribution < 1.29 is 14.0 Å². The van der Waals surface area contributed by atoms with Crippen molar-refractivity contribution in [3.63, 3.8) is 0 Å². The highest BCUT2D eigenvalue weighted by Crippen LogP contribution is 2.42. The molecule has 1 aliphatic carbocycles. The number of hydrogen-bond donors (Lipinski definition) is 0. The van der Waals surface area contributed by atoms with Crippen molar-refractivity contribution in [1.29, 1.82) is 0 Å². The van der Waals surface area contributed by atoms with E-state index in [1.165, 1.54) is 18.2 Å². The van der Waals surface area contributed by atoms with Gasteiger partial charge in [0.2, 0.25) is 5.91 Å². The van der Waals surface area contributed by atoms with E-state index >= 15 is 0 Å². The number of rotatable bonds is 5. The van der Waals surface area contributed by atoms with Crippen LogP contribution < -0.4 is 4.90 Å². The van der Waals surface area contributed by atoms with Crippen molar-refractivity contribution in [1.82, 2.24) is 9.47 Å². The molecular weight excluding hydrogens is 512 g/mol. The van der Waals surface area contributed by atoms with Crippen LogP contribution in [0.3, 0.4) is 0 Å². The summed E-state index contributed by atoms with van der Waals surface area (Å²) in [5.41, 5.74) is 3.63. The van der Waals surface area contributed by atoms with Gasteiger partial charge in [-0.15, -0.1) is 0 Å². The molecule has 3 aromatic carbocycles. The number of para-hydroxylation sites is 2. The van der Waals surface area contributed by atoms with Gasteiger partial charge in [0.1, 0.15) is 18.4 Å². The molecule has 1 unspecified atom stereocenters. The van der Waals surface area contributed by atoms with Gasteiger partial charge in [-0.3, -0.25) is 14.5 Å². The second-order valence-electron chi connectivity index (χ2n) is 9.30. The Labute approximate surface area is 223 Å². The van der Waals surface area contributed by atoms with Crippen molar-refractivity contribution in [3.05, 3.63) is 118 Å². The van der Waals surface area contributed by atoms with Crippen LogP contribution in [0.15, 0.2) is 85.1 Å². The number of nitrogens with zero attached hydrogens (tertiary/aromatic N) is 3. The minimum absolute atomic E-state index is 0.0147. The SMILES string of the molecule is O=C(c1ccc(Cl)c(Cl)c1)N(CC(=O)N1c2ccccc2-n2cccc2C1c1ccc(F)cc1)C1CC1. The van der Waals surface area contributed by atoms with Gasteiger partial charge in [-0.1, -0.05) is 47.5 Å². The van der Waals surface area contributed by atoms with E-state index < -0.39 is 6.04 Å². The minimum Gasteiger partial charge on any atom is -0.326 e. The number of amides is 2. The lowest BCUT2D eigenvalue weighted by Gasteiger charge is -2.39. The van der Waals surface area contributed by atoms with Crippen LogP contribution in [0.1, 0.15) is 40.5 Å². The number of fused-ring (bicyclic) bond motifs is 3. The van der Waals surface area contributed by atoms with Crippen molar-refractivity contribution in [3.8, 4) is 5.69 Å². The molecule has 0 saturated heterocycles. The van der Waals surface area contributed by atoms with Crippen molar-refractivity contribution in [2.24, 2.45) is 0 Å². The van der Waals surface area contributed by atoms with E-state index in [1.807, 2.05) is 47.2 Å². The molecule has 0 N–H and O–H groups in total. The Bertz CT molecular complexity index is 1510. The van der Waals surface area contributed by atoms with Crippen LogP contribution in [0.25, 0.3) is 5.69 Å². The third kappa shape index (κ3) is 4.30. The average molecular weight is 534 g/mol. The summed E-state index contributed by atoms with van der Waals surface area (Å²) in [4.78, 5) is 31.0. The maximum absolute atomic E-state index is 14.1. The number of halogens is 3. The van der Waals surface area contributed by atoms with Crippen LogP contribution in [0.4, 0.5) is 10.1 Å². The first-order chi connectivity index (χ1) is 17.9. The zero-order valence-electron chi connectivity index (χ0n) is 19.7. The number of hydrogen-bond acceptors (Lipinski definition) is 2. The number of carbonyl (C=O) groups excluding carboxylic acids is 2. The summed E-state index contributed by atoms with van der Waals surface area (Å²) in [6, 6.07) is 22.0. The molecule has 6 rings (SSSR count). The van der Waals surface area contributed by atoms with E-state index in [-0.39, 0.29) is 35.2 Å². The molecule has 186 valence electrons. The molecule has 2 aliphatic rings. The molecule has 2 heterocycles. The Kier molecular flexibility index (Phi) is 6.01. The summed E-state index contributed by atoms with van der Waals surface area (Å²) < 4.78 is 15.9. The number of anilines is 1. The van der Waals surface area contributed by atoms with Crippen LogP contribution in [0, 0.1) is 5.82 Å². The van der Waals surface area contributed by atoms with Crippen LogP contribution in [0.2, 0.25) is 10.0 Å². The lowest BCUT2D eigenvalue weighted by molar-refractivity contribution is -0.119. The summed E-state index contributed by atoms with van der Waals surface area (Å²) in [6.45, 7) is -0.101. The lowest BCUT2D eigenvalue weighted by Crippen LogP contribution is -2.47. The fourth-order valence-corrected chi connectivity index (χ4v) is 5.29. The van der Waals surface area contributed by atoms with Crippen molar-refractivity contribution in [2.45, 2.75) is 24.9 Å². The minimum atomic E-state index is -0.487. The van der Waals surface area contributed by atoms with Gasteiger partial charge in [0.05, 0.1) is 27.1 Å². The molecule has 8 heteroatoms. The summed E-state index contributed by atoms with van der Waals surface area (Å²) in [6.07, 6.45) is 3.62. The Morgan fingerprint density at radius 3 is 2.32 bits per heavy atom. The highest BCUT2D eigenvalue weighted by molar-refractivity contribution is 6.42. The summed E-state index contributed by atoms with van der Waals surface area (Å²) in [7, 11) is 0. The van der Waals surface area contributed by atoms with Crippen molar-refractivity contribution in [2.75, 3.05) is 11.4 Å². The van der Waals surface area contributed by atoms with Gasteiger partial charge in [0, 0.05) is 17.8 Å². The molecule has 0 bridgehead atoms. The van der Waals surface area contributed by atoms with Crippen molar-refractivity contribution >= 4 is 40.7 Å². The quantitative estimate of drug-likeness (QED) is 0.287. The van der Waals surface area contributed by atoms with Gasteiger partial charge in [0.25, 0.3) is 5.91 Å². The molecule has 1 aliphatic heterocycles. The first-order valence-corrected chi connectivity index (χ1v) is 12.8. The fourth-order valence-electron chi connectivity index (χ4n) is 4.99. The van der Waals surface area contributed by atoms with E-state index in [4.69, 9.17) is 23.2 Å². The van der Waals surface area contributed by atoms with Gasteiger partial charge in [0.15, 0.2) is 0 Å². The zero-order chi connectivity index (χ0) is 25.7. The molecule has 1 saturated carbocycles. The Morgan fingerprint density at radius 1 is 0.892 bits per heavy atom. The topological polar surface area (TPSA) is 45.6 Å². The van der Waals surface area contributed by atoms with Crippen LogP contribution in [0.5, 0.6) is 0 Å². The monoisotopic (exact) mass is 533 g/mol. The summed E-state index contributed by atoms with van der Waals surface area (Å²) in [5.74, 6) is -0.837. The van der Waals surface area contributed by atoms with Gasteiger partial charge < -0.3 is 9.47 Å². The second kappa shape index (κ2) is 9.36. The predicted octanol–water partition coefficient (Wildman–Crippen LogP) is 6.66. The molecular formula is C29H22Cl2FN3O2. The highest BCUT2D eigenvalue weighted by Gasteiger charge is 2.40. The maximum Gasteiger partial charge on any atom is 0.254 e. The van der Waals surface area contributed by atoms with E-state index in [1.54, 1.807) is 34.1 Å². The molecule has 4 aromatic rings. The normalized spacial score (nSPS) is 16.2. The molecule has 1 atom stereocenters. The van der Waals surface area contributed by atoms with E-state index in [9.17, 15) is 14.0 Å². The number of benzene rings is 3. The number of carbonyl (C=O) groups is 2. The first kappa shape index (κ1) is 23.8. The predicted molar refractivity (Wildman–Crippen MR) is 142 cm³/mol. The Balaban J connectivity index is 1.40. The van der Waals surface area contributed by atoms with Crippen LogP contribution in [-0.4, -0.2) is 33.9 Å². The van der Waals surface area contributed by atoms with Gasteiger partial charge in [-0.25, -0.2) is 4.39 Å². The third-order valence-corrected chi connectivity index (χ3v) is 7.63. The molecule has 0 spiro atoms.